The van der Waals surface area contributed by atoms with Crippen LogP contribution in [0.4, 0.5) is 5.69 Å². The van der Waals surface area contributed by atoms with Crippen LogP contribution in [-0.4, -0.2) is 45.6 Å². The maximum Gasteiger partial charge on any atom is 0.159 e. The second kappa shape index (κ2) is 7.69. The van der Waals surface area contributed by atoms with E-state index >= 15 is 0 Å². The number of benzene rings is 1. The highest BCUT2D eigenvalue weighted by atomic mass is 15.2. The molecule has 0 saturated carbocycles. The van der Waals surface area contributed by atoms with Gasteiger partial charge in [-0.05, 0) is 56.6 Å². The predicted octanol–water partition coefficient (Wildman–Crippen LogP) is 3.80. The lowest BCUT2D eigenvalue weighted by molar-refractivity contribution is 0.325. The first-order chi connectivity index (χ1) is 13.2. The highest BCUT2D eigenvalue weighted by Crippen LogP contribution is 2.29. The Hall–Kier alpha value is -2.40. The molecule has 3 aromatic rings. The summed E-state index contributed by atoms with van der Waals surface area (Å²) < 4.78 is 2.17. The molecule has 0 aliphatic carbocycles. The van der Waals surface area contributed by atoms with Gasteiger partial charge in [0.05, 0.1) is 0 Å². The number of hydrogen-bond donors (Lipinski definition) is 0. The van der Waals surface area contributed by atoms with E-state index in [-0.39, 0.29) is 0 Å². The number of aromatic nitrogens is 3. The molecule has 0 N–H and O–H groups in total. The first-order valence-electron chi connectivity index (χ1n) is 10.0. The maximum absolute atomic E-state index is 4.85. The van der Waals surface area contributed by atoms with Crippen LogP contribution in [0, 0.1) is 0 Å². The van der Waals surface area contributed by atoms with Crippen molar-refractivity contribution in [3.05, 3.63) is 54.0 Å². The number of imidazole rings is 1. The number of pyridine rings is 1. The Bertz CT molecular complexity index is 895. The van der Waals surface area contributed by atoms with E-state index in [0.29, 0.717) is 5.92 Å². The number of likely N-dealkylation sites (tertiary alicyclic amines) is 1. The molecular weight excluding hydrogens is 334 g/mol. The van der Waals surface area contributed by atoms with Gasteiger partial charge in [-0.3, -0.25) is 4.90 Å². The number of rotatable bonds is 6. The molecule has 4 rings (SSSR count). The van der Waals surface area contributed by atoms with Gasteiger partial charge in [-0.1, -0.05) is 12.1 Å². The molecule has 3 heterocycles. The van der Waals surface area contributed by atoms with E-state index in [9.17, 15) is 0 Å². The summed E-state index contributed by atoms with van der Waals surface area (Å²) >= 11 is 0. The molecule has 0 bridgehead atoms. The minimum atomic E-state index is 0.485. The Morgan fingerprint density at radius 2 is 1.89 bits per heavy atom. The number of anilines is 1. The van der Waals surface area contributed by atoms with E-state index in [2.05, 4.69) is 70.6 Å². The van der Waals surface area contributed by atoms with Crippen molar-refractivity contribution in [1.29, 1.82) is 0 Å². The van der Waals surface area contributed by atoms with Crippen LogP contribution in [0.5, 0.6) is 0 Å². The van der Waals surface area contributed by atoms with E-state index in [1.54, 1.807) is 0 Å². The summed E-state index contributed by atoms with van der Waals surface area (Å²) in [5, 5.41) is 0. The van der Waals surface area contributed by atoms with Crippen molar-refractivity contribution < 1.29 is 0 Å². The number of hydrogen-bond acceptors (Lipinski definition) is 4. The molecule has 142 valence electrons. The third-order valence-electron chi connectivity index (χ3n) is 5.77. The van der Waals surface area contributed by atoms with E-state index < -0.39 is 0 Å². The second-order valence-electron chi connectivity index (χ2n) is 7.43. The van der Waals surface area contributed by atoms with Crippen LogP contribution in [0.15, 0.2) is 42.6 Å². The molecule has 2 aromatic heterocycles. The highest BCUT2D eigenvalue weighted by Gasteiger charge is 2.27. The summed E-state index contributed by atoms with van der Waals surface area (Å²) in [7, 11) is 2.09. The molecule has 1 aliphatic rings. The van der Waals surface area contributed by atoms with Crippen LogP contribution in [0.1, 0.15) is 37.6 Å². The first-order valence-corrected chi connectivity index (χ1v) is 10.0. The van der Waals surface area contributed by atoms with Crippen molar-refractivity contribution in [2.75, 3.05) is 31.1 Å². The van der Waals surface area contributed by atoms with Gasteiger partial charge in [0, 0.05) is 51.0 Å². The Labute approximate surface area is 161 Å². The normalized spacial score (nSPS) is 17.7. The molecule has 1 aliphatic heterocycles. The average Bonchev–Trinajstić information content (AvgIpc) is 3.29. The fourth-order valence-corrected chi connectivity index (χ4v) is 4.25. The van der Waals surface area contributed by atoms with Crippen LogP contribution in [0.25, 0.3) is 11.2 Å². The van der Waals surface area contributed by atoms with Gasteiger partial charge in [0.25, 0.3) is 0 Å². The Kier molecular flexibility index (Phi) is 5.12. The predicted molar refractivity (Wildman–Crippen MR) is 111 cm³/mol. The summed E-state index contributed by atoms with van der Waals surface area (Å²) in [6.07, 6.45) is 3.01. The van der Waals surface area contributed by atoms with Gasteiger partial charge >= 0.3 is 0 Å². The quantitative estimate of drug-likeness (QED) is 0.667. The second-order valence-corrected chi connectivity index (χ2v) is 7.43. The number of fused-ring (bicyclic) bond motifs is 1. The lowest BCUT2D eigenvalue weighted by atomic mass is 10.1. The third kappa shape index (κ3) is 3.56. The molecule has 1 atom stereocenters. The average molecular weight is 364 g/mol. The molecule has 5 nitrogen and oxygen atoms in total. The minimum Gasteiger partial charge on any atom is -0.372 e. The molecule has 1 fully saturated rings. The molecule has 5 heteroatoms. The van der Waals surface area contributed by atoms with Gasteiger partial charge in [-0.2, -0.15) is 0 Å². The smallest absolute Gasteiger partial charge is 0.159 e. The van der Waals surface area contributed by atoms with Crippen LogP contribution >= 0.6 is 0 Å². The van der Waals surface area contributed by atoms with E-state index in [0.717, 1.165) is 50.3 Å². The molecule has 0 spiro atoms. The SMILES string of the molecule is CCN(CC)c1ccc(CN2CCC(c3nc4cccnc4n3C)C2)cc1. The third-order valence-corrected chi connectivity index (χ3v) is 5.77. The molecule has 0 radical (unpaired) electrons. The van der Waals surface area contributed by atoms with Crippen LogP contribution < -0.4 is 4.90 Å². The molecular formula is C22H29N5. The van der Waals surface area contributed by atoms with Crippen LogP contribution in [0.2, 0.25) is 0 Å². The Morgan fingerprint density at radius 3 is 2.59 bits per heavy atom. The summed E-state index contributed by atoms with van der Waals surface area (Å²) in [6, 6.07) is 13.1. The van der Waals surface area contributed by atoms with Crippen LogP contribution in [0.3, 0.4) is 0 Å². The lowest BCUT2D eigenvalue weighted by Gasteiger charge is -2.22. The van der Waals surface area contributed by atoms with Gasteiger partial charge in [0.15, 0.2) is 5.65 Å². The zero-order chi connectivity index (χ0) is 18.8. The van der Waals surface area contributed by atoms with Crippen molar-refractivity contribution in [3.63, 3.8) is 0 Å². The van der Waals surface area contributed by atoms with E-state index in [1.165, 1.54) is 17.1 Å². The van der Waals surface area contributed by atoms with Crippen molar-refractivity contribution in [2.45, 2.75) is 32.7 Å². The summed E-state index contributed by atoms with van der Waals surface area (Å²) in [4.78, 5) is 14.3. The summed E-state index contributed by atoms with van der Waals surface area (Å²) in [5.74, 6) is 1.65. The molecule has 1 saturated heterocycles. The van der Waals surface area contributed by atoms with Gasteiger partial charge in [0.2, 0.25) is 0 Å². The fourth-order valence-electron chi connectivity index (χ4n) is 4.25. The summed E-state index contributed by atoms with van der Waals surface area (Å²) in [6.45, 7) is 9.72. The molecule has 1 unspecified atom stereocenters. The number of nitrogens with zero attached hydrogens (tertiary/aromatic N) is 5. The van der Waals surface area contributed by atoms with Crippen molar-refractivity contribution in [3.8, 4) is 0 Å². The Balaban J connectivity index is 1.43. The van der Waals surface area contributed by atoms with Gasteiger partial charge < -0.3 is 9.47 Å². The zero-order valence-corrected chi connectivity index (χ0v) is 16.6. The minimum absolute atomic E-state index is 0.485. The van der Waals surface area contributed by atoms with Crippen molar-refractivity contribution in [2.24, 2.45) is 7.05 Å². The lowest BCUT2D eigenvalue weighted by Crippen LogP contribution is -2.22. The molecule has 1 aromatic carbocycles. The molecule has 27 heavy (non-hydrogen) atoms. The van der Waals surface area contributed by atoms with E-state index in [1.807, 2.05) is 12.3 Å². The fraction of sp³-hybridized carbons (Fsp3) is 0.455. The zero-order valence-electron chi connectivity index (χ0n) is 16.6. The monoisotopic (exact) mass is 363 g/mol. The van der Waals surface area contributed by atoms with Gasteiger partial charge in [0.1, 0.15) is 11.3 Å². The topological polar surface area (TPSA) is 37.2 Å². The van der Waals surface area contributed by atoms with Crippen molar-refractivity contribution >= 4 is 16.9 Å². The number of aryl methyl sites for hydroxylation is 1. The first kappa shape index (κ1) is 18.0. The van der Waals surface area contributed by atoms with Gasteiger partial charge in [-0.15, -0.1) is 0 Å². The highest BCUT2D eigenvalue weighted by molar-refractivity contribution is 5.71. The van der Waals surface area contributed by atoms with Crippen LogP contribution in [-0.2, 0) is 13.6 Å². The standard InChI is InChI=1S/C22H29N5/c1-4-27(5-2)19-10-8-17(9-11-19)15-26-14-12-18(16-26)21-24-20-7-6-13-23-22(20)25(21)3/h6-11,13,18H,4-5,12,14-16H2,1-3H3. The molecule has 0 amide bonds. The Morgan fingerprint density at radius 1 is 1.11 bits per heavy atom. The van der Waals surface area contributed by atoms with E-state index in [4.69, 9.17) is 4.98 Å². The summed E-state index contributed by atoms with van der Waals surface area (Å²) in [5.41, 5.74) is 4.69. The van der Waals surface area contributed by atoms with Crippen molar-refractivity contribution in [1.82, 2.24) is 19.4 Å². The maximum atomic E-state index is 4.85. The van der Waals surface area contributed by atoms with Gasteiger partial charge in [-0.25, -0.2) is 9.97 Å². The largest absolute Gasteiger partial charge is 0.372 e.